The van der Waals surface area contributed by atoms with Gasteiger partial charge in [-0.3, -0.25) is 4.79 Å². The third-order valence-corrected chi connectivity index (χ3v) is 4.27. The first-order valence-electron chi connectivity index (χ1n) is 7.50. The molecule has 1 aliphatic heterocycles. The summed E-state index contributed by atoms with van der Waals surface area (Å²) >= 11 is 0. The van der Waals surface area contributed by atoms with Gasteiger partial charge in [0, 0.05) is 19.5 Å². The molecule has 114 valence electrons. The largest absolute Gasteiger partial charge is 0.342 e. The fourth-order valence-electron chi connectivity index (χ4n) is 2.95. The zero-order valence-electron chi connectivity index (χ0n) is 12.9. The average Bonchev–Trinajstić information content (AvgIpc) is 2.36. The molecule has 1 N–H and O–H groups in total. The van der Waals surface area contributed by atoms with Crippen LogP contribution < -0.4 is 5.32 Å². The molecular formula is C15H31ClN2O. The number of hydrogen-bond donors (Lipinski definition) is 1. The number of likely N-dealkylation sites (tertiary alicyclic amines) is 1. The molecule has 0 radical (unpaired) electrons. The Morgan fingerprint density at radius 2 is 2.11 bits per heavy atom. The van der Waals surface area contributed by atoms with Gasteiger partial charge in [0.15, 0.2) is 0 Å². The summed E-state index contributed by atoms with van der Waals surface area (Å²) in [6.07, 6.45) is 4.26. The lowest BCUT2D eigenvalue weighted by molar-refractivity contribution is -0.134. The van der Waals surface area contributed by atoms with Crippen LogP contribution in [0.5, 0.6) is 0 Å². The SMILES string of the molecule is CCC(CC(=O)N1CCCC(CNC)C1)C(C)C.Cl. The molecule has 1 fully saturated rings. The van der Waals surface area contributed by atoms with Crippen LogP contribution >= 0.6 is 12.4 Å². The van der Waals surface area contributed by atoms with Gasteiger partial charge in [0.25, 0.3) is 0 Å². The third-order valence-electron chi connectivity index (χ3n) is 4.27. The van der Waals surface area contributed by atoms with Gasteiger partial charge in [-0.2, -0.15) is 0 Å². The lowest BCUT2D eigenvalue weighted by Gasteiger charge is -2.34. The summed E-state index contributed by atoms with van der Waals surface area (Å²) in [4.78, 5) is 14.4. The second kappa shape index (κ2) is 9.60. The monoisotopic (exact) mass is 290 g/mol. The van der Waals surface area contributed by atoms with Crippen LogP contribution in [0.25, 0.3) is 0 Å². The highest BCUT2D eigenvalue weighted by Crippen LogP contribution is 2.22. The van der Waals surface area contributed by atoms with Crippen molar-refractivity contribution in [1.82, 2.24) is 10.2 Å². The fourth-order valence-corrected chi connectivity index (χ4v) is 2.95. The molecule has 1 aliphatic rings. The van der Waals surface area contributed by atoms with E-state index in [2.05, 4.69) is 31.0 Å². The van der Waals surface area contributed by atoms with Crippen molar-refractivity contribution < 1.29 is 4.79 Å². The van der Waals surface area contributed by atoms with Crippen molar-refractivity contribution in [2.24, 2.45) is 17.8 Å². The number of nitrogens with one attached hydrogen (secondary N) is 1. The van der Waals surface area contributed by atoms with E-state index in [1.54, 1.807) is 0 Å². The van der Waals surface area contributed by atoms with Gasteiger partial charge in [-0.25, -0.2) is 0 Å². The van der Waals surface area contributed by atoms with Crippen LogP contribution in [0.15, 0.2) is 0 Å². The predicted molar refractivity (Wildman–Crippen MR) is 83.7 cm³/mol. The molecule has 0 aromatic heterocycles. The number of halogens is 1. The Morgan fingerprint density at radius 3 is 2.63 bits per heavy atom. The van der Waals surface area contributed by atoms with Crippen molar-refractivity contribution in [3.63, 3.8) is 0 Å². The van der Waals surface area contributed by atoms with Gasteiger partial charge in [0.05, 0.1) is 0 Å². The van der Waals surface area contributed by atoms with E-state index in [-0.39, 0.29) is 12.4 Å². The number of carbonyl (C=O) groups excluding carboxylic acids is 1. The Bertz CT molecular complexity index is 257. The average molecular weight is 291 g/mol. The van der Waals surface area contributed by atoms with Gasteiger partial charge < -0.3 is 10.2 Å². The molecule has 1 heterocycles. The van der Waals surface area contributed by atoms with E-state index in [1.165, 1.54) is 6.42 Å². The summed E-state index contributed by atoms with van der Waals surface area (Å²) in [7, 11) is 1.99. The standard InChI is InChI=1S/C15H30N2O.ClH/c1-5-14(12(2)3)9-15(18)17-8-6-7-13(11-17)10-16-4;/h12-14,16H,5-11H2,1-4H3;1H. The molecule has 1 rings (SSSR count). The highest BCUT2D eigenvalue weighted by atomic mass is 35.5. The number of hydrogen-bond acceptors (Lipinski definition) is 2. The van der Waals surface area contributed by atoms with Crippen molar-refractivity contribution in [2.75, 3.05) is 26.7 Å². The molecular weight excluding hydrogens is 260 g/mol. The topological polar surface area (TPSA) is 32.3 Å². The zero-order chi connectivity index (χ0) is 13.5. The summed E-state index contributed by atoms with van der Waals surface area (Å²) in [6, 6.07) is 0. The highest BCUT2D eigenvalue weighted by Gasteiger charge is 2.25. The van der Waals surface area contributed by atoms with Gasteiger partial charge in [-0.05, 0) is 44.2 Å². The van der Waals surface area contributed by atoms with E-state index < -0.39 is 0 Å². The normalized spacial score (nSPS) is 21.1. The Hall–Kier alpha value is -0.280. The second-order valence-electron chi connectivity index (χ2n) is 6.02. The van der Waals surface area contributed by atoms with Crippen LogP contribution in [-0.2, 0) is 4.79 Å². The minimum Gasteiger partial charge on any atom is -0.342 e. The van der Waals surface area contributed by atoms with E-state index in [0.717, 1.165) is 38.9 Å². The number of piperidine rings is 1. The Kier molecular flexibility index (Phi) is 9.46. The van der Waals surface area contributed by atoms with Crippen LogP contribution in [0.2, 0.25) is 0 Å². The maximum Gasteiger partial charge on any atom is 0.222 e. The smallest absolute Gasteiger partial charge is 0.222 e. The molecule has 1 amide bonds. The first kappa shape index (κ1) is 18.7. The maximum atomic E-state index is 12.3. The molecule has 0 aromatic carbocycles. The molecule has 0 saturated carbocycles. The highest BCUT2D eigenvalue weighted by molar-refractivity contribution is 5.85. The number of nitrogens with zero attached hydrogens (tertiary/aromatic N) is 1. The fraction of sp³-hybridized carbons (Fsp3) is 0.933. The molecule has 19 heavy (non-hydrogen) atoms. The number of carbonyl (C=O) groups is 1. The minimum absolute atomic E-state index is 0. The van der Waals surface area contributed by atoms with Gasteiger partial charge in [0.2, 0.25) is 5.91 Å². The molecule has 0 aromatic rings. The van der Waals surface area contributed by atoms with E-state index in [1.807, 2.05) is 7.05 Å². The molecule has 4 heteroatoms. The van der Waals surface area contributed by atoms with E-state index in [0.29, 0.717) is 23.7 Å². The molecule has 2 atom stereocenters. The zero-order valence-corrected chi connectivity index (χ0v) is 13.8. The molecule has 0 aliphatic carbocycles. The summed E-state index contributed by atoms with van der Waals surface area (Å²) in [5.74, 6) is 2.17. The van der Waals surface area contributed by atoms with E-state index >= 15 is 0 Å². The summed E-state index contributed by atoms with van der Waals surface area (Å²) < 4.78 is 0. The van der Waals surface area contributed by atoms with Crippen LogP contribution in [0, 0.1) is 17.8 Å². The van der Waals surface area contributed by atoms with Crippen LogP contribution in [0.4, 0.5) is 0 Å². The van der Waals surface area contributed by atoms with Crippen LogP contribution in [-0.4, -0.2) is 37.5 Å². The van der Waals surface area contributed by atoms with Crippen LogP contribution in [0.1, 0.15) is 46.5 Å². The summed E-state index contributed by atoms with van der Waals surface area (Å²) in [6.45, 7) is 9.59. The lowest BCUT2D eigenvalue weighted by Crippen LogP contribution is -2.43. The van der Waals surface area contributed by atoms with E-state index in [9.17, 15) is 4.79 Å². The maximum absolute atomic E-state index is 12.3. The van der Waals surface area contributed by atoms with Crippen molar-refractivity contribution in [1.29, 1.82) is 0 Å². The van der Waals surface area contributed by atoms with Gasteiger partial charge in [-0.1, -0.05) is 27.2 Å². The summed E-state index contributed by atoms with van der Waals surface area (Å²) in [5, 5.41) is 3.23. The van der Waals surface area contributed by atoms with Crippen molar-refractivity contribution in [2.45, 2.75) is 46.5 Å². The number of amides is 1. The van der Waals surface area contributed by atoms with Gasteiger partial charge in [0.1, 0.15) is 0 Å². The first-order chi connectivity index (χ1) is 8.58. The molecule has 3 nitrogen and oxygen atoms in total. The first-order valence-corrected chi connectivity index (χ1v) is 7.50. The summed E-state index contributed by atoms with van der Waals surface area (Å²) in [5.41, 5.74) is 0. The van der Waals surface area contributed by atoms with Gasteiger partial charge in [-0.15, -0.1) is 12.4 Å². The van der Waals surface area contributed by atoms with E-state index in [4.69, 9.17) is 0 Å². The predicted octanol–water partition coefficient (Wildman–Crippen LogP) is 2.94. The van der Waals surface area contributed by atoms with Gasteiger partial charge >= 0.3 is 0 Å². The van der Waals surface area contributed by atoms with Crippen molar-refractivity contribution in [3.8, 4) is 0 Å². The Morgan fingerprint density at radius 1 is 1.42 bits per heavy atom. The Labute approximate surface area is 124 Å². The Balaban J connectivity index is 0.00000324. The molecule has 2 unspecified atom stereocenters. The number of rotatable bonds is 6. The molecule has 0 bridgehead atoms. The third kappa shape index (κ3) is 6.13. The second-order valence-corrected chi connectivity index (χ2v) is 6.02. The molecule has 0 spiro atoms. The minimum atomic E-state index is 0. The molecule has 1 saturated heterocycles. The van der Waals surface area contributed by atoms with Crippen LogP contribution in [0.3, 0.4) is 0 Å². The van der Waals surface area contributed by atoms with Crippen molar-refractivity contribution in [3.05, 3.63) is 0 Å². The van der Waals surface area contributed by atoms with Crippen molar-refractivity contribution >= 4 is 18.3 Å². The lowest BCUT2D eigenvalue weighted by atomic mass is 9.89. The quantitative estimate of drug-likeness (QED) is 0.816.